The van der Waals surface area contributed by atoms with Gasteiger partial charge in [0.2, 0.25) is 0 Å². The fourth-order valence-corrected chi connectivity index (χ4v) is 18.6. The van der Waals surface area contributed by atoms with Crippen LogP contribution in [0, 0.1) is 50.2 Å². The maximum Gasteiger partial charge on any atom is 0.187 e. The molecule has 0 radical (unpaired) electrons. The fourth-order valence-electron chi connectivity index (χ4n) is 18.6. The molecule has 6 heterocycles. The van der Waals surface area contributed by atoms with Crippen molar-refractivity contribution in [3.63, 3.8) is 0 Å². The molecule has 11 aliphatic rings. The summed E-state index contributed by atoms with van der Waals surface area (Å²) >= 11 is 0. The summed E-state index contributed by atoms with van der Waals surface area (Å²) in [5.74, 6) is 0.704. The summed E-state index contributed by atoms with van der Waals surface area (Å²) in [5, 5.41) is 154. The molecule has 25 heteroatoms. The molecule has 0 amide bonds. The van der Waals surface area contributed by atoms with E-state index in [1.807, 2.05) is 0 Å². The van der Waals surface area contributed by atoms with Crippen LogP contribution in [0.3, 0.4) is 0 Å². The summed E-state index contributed by atoms with van der Waals surface area (Å²) in [7, 11) is 0. The average molecular weight is 1180 g/mol. The third-order valence-corrected chi connectivity index (χ3v) is 23.6. The lowest BCUT2D eigenvalue weighted by Gasteiger charge is -2.75. The summed E-state index contributed by atoms with van der Waals surface area (Å²) in [6, 6.07) is 0. The minimum absolute atomic E-state index is 0.134. The molecule has 5 aliphatic carbocycles. The van der Waals surface area contributed by atoms with Gasteiger partial charge in [-0.25, -0.2) is 0 Å². The van der Waals surface area contributed by atoms with Crippen molar-refractivity contribution in [1.29, 1.82) is 0 Å². The monoisotopic (exact) mass is 1180 g/mol. The first kappa shape index (κ1) is 62.6. The number of hydrogen-bond donors (Lipinski definition) is 14. The van der Waals surface area contributed by atoms with Gasteiger partial charge in [-0.05, 0) is 104 Å². The summed E-state index contributed by atoms with van der Waals surface area (Å²) in [5.41, 5.74) is -1.52. The van der Waals surface area contributed by atoms with E-state index in [0.29, 0.717) is 25.4 Å². The third kappa shape index (κ3) is 9.75. The second-order valence-corrected chi connectivity index (χ2v) is 28.6. The Bertz CT molecular complexity index is 2230. The minimum Gasteiger partial charge on any atom is -0.394 e. The highest BCUT2D eigenvalue weighted by atomic mass is 16.8. The lowest BCUT2D eigenvalue weighted by atomic mass is 9.30. The molecule has 0 aromatic rings. The maximum atomic E-state index is 12.6. The Balaban J connectivity index is 0.851. The van der Waals surface area contributed by atoms with Crippen LogP contribution in [0.4, 0.5) is 0 Å². The molecule has 6 saturated heterocycles. The van der Waals surface area contributed by atoms with Crippen LogP contribution >= 0.6 is 0 Å². The van der Waals surface area contributed by atoms with E-state index in [4.69, 9.17) is 52.1 Å². The van der Waals surface area contributed by atoms with E-state index in [-0.39, 0.29) is 44.5 Å². The summed E-state index contributed by atoms with van der Waals surface area (Å²) in [6.45, 7) is 13.9. The van der Waals surface area contributed by atoms with Crippen LogP contribution in [-0.4, -0.2) is 264 Å². The molecular formula is C57H94O25. The Morgan fingerprint density at radius 1 is 0.451 bits per heavy atom. The first-order valence-electron chi connectivity index (χ1n) is 30.0. The van der Waals surface area contributed by atoms with Crippen LogP contribution in [0.15, 0.2) is 0 Å². The van der Waals surface area contributed by atoms with Crippen molar-refractivity contribution in [2.75, 3.05) is 39.6 Å². The molecule has 25 nitrogen and oxygen atoms in total. The molecule has 1 spiro atoms. The number of hydrogen-bond acceptors (Lipinski definition) is 25. The highest BCUT2D eigenvalue weighted by Gasteiger charge is 2.80. The van der Waals surface area contributed by atoms with Crippen LogP contribution in [0.1, 0.15) is 113 Å². The van der Waals surface area contributed by atoms with Crippen molar-refractivity contribution in [3.05, 3.63) is 0 Å². The maximum absolute atomic E-state index is 12.6. The van der Waals surface area contributed by atoms with E-state index < -0.39 is 186 Å². The number of ether oxygens (including phenoxy) is 11. The lowest BCUT2D eigenvalue weighted by molar-refractivity contribution is -0.400. The second kappa shape index (κ2) is 22.5. The van der Waals surface area contributed by atoms with Crippen LogP contribution in [0.2, 0.25) is 0 Å². The Hall–Kier alpha value is -1.00. The van der Waals surface area contributed by atoms with Gasteiger partial charge in [0.05, 0.1) is 57.5 Å². The molecule has 82 heavy (non-hydrogen) atoms. The minimum atomic E-state index is -1.96. The predicted molar refractivity (Wildman–Crippen MR) is 277 cm³/mol. The Morgan fingerprint density at radius 2 is 1.02 bits per heavy atom. The topological polar surface area (TPSA) is 385 Å². The molecule has 472 valence electrons. The van der Waals surface area contributed by atoms with E-state index in [2.05, 4.69) is 48.5 Å². The molecule has 11 fully saturated rings. The van der Waals surface area contributed by atoms with Gasteiger partial charge in [-0.3, -0.25) is 0 Å². The van der Waals surface area contributed by atoms with E-state index in [0.717, 1.165) is 51.4 Å². The van der Waals surface area contributed by atoms with Crippen LogP contribution in [0.25, 0.3) is 0 Å². The van der Waals surface area contributed by atoms with Gasteiger partial charge in [-0.15, -0.1) is 0 Å². The van der Waals surface area contributed by atoms with Crippen molar-refractivity contribution in [3.8, 4) is 0 Å². The van der Waals surface area contributed by atoms with E-state index in [1.54, 1.807) is 0 Å². The molecule has 2 bridgehead atoms. The second-order valence-electron chi connectivity index (χ2n) is 28.6. The van der Waals surface area contributed by atoms with Crippen molar-refractivity contribution in [2.45, 2.75) is 266 Å². The Morgan fingerprint density at radius 3 is 1.67 bits per heavy atom. The van der Waals surface area contributed by atoms with Crippen molar-refractivity contribution in [1.82, 2.24) is 0 Å². The number of rotatable bonds is 12. The number of fused-ring (bicyclic) bond motifs is 4. The zero-order valence-corrected chi connectivity index (χ0v) is 48.2. The number of aliphatic hydroxyl groups is 14. The molecule has 14 N–H and O–H groups in total. The quantitative estimate of drug-likeness (QED) is 0.0891. The van der Waals surface area contributed by atoms with Crippen LogP contribution in [-0.2, 0) is 52.1 Å². The van der Waals surface area contributed by atoms with Gasteiger partial charge in [0.1, 0.15) is 104 Å². The molecular weight excluding hydrogens is 1080 g/mol. The first-order chi connectivity index (χ1) is 38.5. The molecule has 0 unspecified atom stereocenters. The molecule has 0 aromatic heterocycles. The van der Waals surface area contributed by atoms with Gasteiger partial charge in [0, 0.05) is 10.8 Å². The standard InChI is InChI=1S/C57H94O25/c1-51(2)14-15-56-23-75-57(31(56)16-51)13-9-30-53(5)11-10-33(52(3,4)29(53)8-12-54(30,6)55(57,7)17-32(56)62)79-49-44(82-48-41(70)38(67)36(65)26(18-58)76-48)37(66)28(22-74-49)78-50-45(81-47-40(69)35(64)25(61)21-73-47)42(71)43(27(19-59)77-50)80-46-39(68)34(63)24(60)20-72-46/h24-50,58-71H,8-23H2,1-7H3/t24-,25-,26-,27-,28+,29+,30-,31+,32-,33+,34+,35+,36-,37+,38-,39-,40-,41-,42+,43-,44-,45-,46-,47+,48+,49+,50+,53+,54-,55+,56-,57+/m1/s1. The summed E-state index contributed by atoms with van der Waals surface area (Å²) < 4.78 is 68.3. The smallest absolute Gasteiger partial charge is 0.187 e. The van der Waals surface area contributed by atoms with Gasteiger partial charge in [-0.2, -0.15) is 0 Å². The Labute approximate surface area is 477 Å². The molecule has 32 atom stereocenters. The van der Waals surface area contributed by atoms with Gasteiger partial charge in [0.25, 0.3) is 0 Å². The molecule has 11 rings (SSSR count). The van der Waals surface area contributed by atoms with Crippen molar-refractivity contribution in [2.24, 2.45) is 50.2 Å². The SMILES string of the molecule is CC1(C)CC[C@]23CO[C@@]4(CC[C@@H]5[C@@]6(C)CC[C@H](O[C@@H]7OC[C@H](O[C@@H]8O[C@H](CO)[C@@H](O[C@H]9OC[C@@H](O)[C@H](O)[C@H]9O)[C@H](O)[C@H]8O[C@@H]8OC[C@@H](O)[C@H](O)[C@H]8O)[C@H](O)[C@H]7O[C@@H]7O[C@H](CO)[C@@H](O)[C@@H](O)[C@H]7O)C(C)(C)[C@@H]6CC[C@@]5(C)[C@]4(C)C[C@H]2O)[C@H]3C1. The fraction of sp³-hybridized carbons (Fsp3) is 1.00. The molecule has 6 aliphatic heterocycles. The average Bonchev–Trinajstić information content (AvgIpc) is 1.28. The van der Waals surface area contributed by atoms with Gasteiger partial charge in [-0.1, -0.05) is 48.5 Å². The van der Waals surface area contributed by atoms with E-state index in [9.17, 15) is 71.5 Å². The van der Waals surface area contributed by atoms with Crippen molar-refractivity contribution < 1.29 is 124 Å². The van der Waals surface area contributed by atoms with Crippen LogP contribution in [0.5, 0.6) is 0 Å². The zero-order chi connectivity index (χ0) is 59.2. The van der Waals surface area contributed by atoms with Crippen molar-refractivity contribution >= 4 is 0 Å². The van der Waals surface area contributed by atoms with Crippen LogP contribution < -0.4 is 0 Å². The summed E-state index contributed by atoms with van der Waals surface area (Å²) in [6.07, 6.45) is -29.8. The molecule has 5 saturated carbocycles. The van der Waals surface area contributed by atoms with E-state index >= 15 is 0 Å². The Kier molecular flexibility index (Phi) is 17.2. The first-order valence-corrected chi connectivity index (χ1v) is 30.0. The van der Waals surface area contributed by atoms with E-state index in [1.165, 1.54) is 0 Å². The number of aliphatic hydroxyl groups excluding tert-OH is 14. The zero-order valence-electron chi connectivity index (χ0n) is 48.2. The predicted octanol–water partition coefficient (Wildman–Crippen LogP) is -2.61. The van der Waals surface area contributed by atoms with Gasteiger partial charge in [0.15, 0.2) is 31.5 Å². The largest absolute Gasteiger partial charge is 0.394 e. The highest BCUT2D eigenvalue weighted by Crippen LogP contribution is 2.80. The third-order valence-electron chi connectivity index (χ3n) is 23.6. The summed E-state index contributed by atoms with van der Waals surface area (Å²) in [4.78, 5) is 0. The van der Waals surface area contributed by atoms with Gasteiger partial charge >= 0.3 is 0 Å². The molecule has 0 aromatic carbocycles. The lowest BCUT2D eigenvalue weighted by Crippen LogP contribution is -2.74. The normalized spacial score (nSPS) is 57.3. The van der Waals surface area contributed by atoms with Gasteiger partial charge < -0.3 is 124 Å². The highest BCUT2D eigenvalue weighted by molar-refractivity contribution is 5.28.